The summed E-state index contributed by atoms with van der Waals surface area (Å²) in [6.45, 7) is 2.00. The number of carboxylic acids is 1. The SMILES string of the molecule is CSCC[C@H](NC(=O)c1ccc(/C=C/c2cnccc2C(=O)C23CC4CC(CC(C4)C2)C3)cc1-c1ccccc1C)C(=O)O. The number of carbonyl (C=O) groups is 3. The van der Waals surface area contributed by atoms with Gasteiger partial charge >= 0.3 is 5.97 Å². The molecule has 0 spiro atoms. The first-order valence-electron chi connectivity index (χ1n) is 15.7. The summed E-state index contributed by atoms with van der Waals surface area (Å²) in [5, 5.41) is 12.4. The van der Waals surface area contributed by atoms with E-state index in [4.69, 9.17) is 0 Å². The molecule has 2 N–H and O–H groups in total. The number of Topliss-reactive ketones (excluding diaryl/α,β-unsaturated/α-hetero) is 1. The summed E-state index contributed by atoms with van der Waals surface area (Å²) in [4.78, 5) is 43.8. The molecule has 7 rings (SSSR count). The van der Waals surface area contributed by atoms with E-state index in [1.165, 1.54) is 19.3 Å². The Morgan fingerprint density at radius 3 is 2.34 bits per heavy atom. The summed E-state index contributed by atoms with van der Waals surface area (Å²) in [5.74, 6) is 1.53. The molecule has 4 saturated carbocycles. The Morgan fingerprint density at radius 1 is 0.977 bits per heavy atom. The highest BCUT2D eigenvalue weighted by molar-refractivity contribution is 7.98. The van der Waals surface area contributed by atoms with Crippen molar-refractivity contribution in [2.24, 2.45) is 23.2 Å². The van der Waals surface area contributed by atoms with Crippen molar-refractivity contribution in [3.05, 3.63) is 88.7 Å². The average Bonchev–Trinajstić information content (AvgIpc) is 3.01. The van der Waals surface area contributed by atoms with Crippen LogP contribution in [0.25, 0.3) is 23.3 Å². The fourth-order valence-electron chi connectivity index (χ4n) is 8.30. The molecule has 228 valence electrons. The Labute approximate surface area is 263 Å². The molecule has 1 amide bonds. The smallest absolute Gasteiger partial charge is 0.326 e. The van der Waals surface area contributed by atoms with Gasteiger partial charge in [0.05, 0.1) is 0 Å². The lowest BCUT2D eigenvalue weighted by molar-refractivity contribution is -0.139. The summed E-state index contributed by atoms with van der Waals surface area (Å²) in [7, 11) is 0. The van der Waals surface area contributed by atoms with Crippen LogP contribution in [-0.2, 0) is 4.79 Å². The first kappa shape index (κ1) is 30.3. The minimum absolute atomic E-state index is 0.227. The number of benzene rings is 2. The van der Waals surface area contributed by atoms with Crippen LogP contribution in [0.1, 0.15) is 82.4 Å². The fourth-order valence-corrected chi connectivity index (χ4v) is 8.77. The molecule has 4 fully saturated rings. The average molecular weight is 609 g/mol. The van der Waals surface area contributed by atoms with Crippen LogP contribution in [0.15, 0.2) is 60.9 Å². The van der Waals surface area contributed by atoms with Crippen LogP contribution in [0.4, 0.5) is 0 Å². The number of nitrogens with one attached hydrogen (secondary N) is 1. The number of amides is 1. The van der Waals surface area contributed by atoms with Gasteiger partial charge in [0.2, 0.25) is 0 Å². The van der Waals surface area contributed by atoms with Gasteiger partial charge in [-0.1, -0.05) is 42.5 Å². The van der Waals surface area contributed by atoms with Crippen molar-refractivity contribution in [1.82, 2.24) is 10.3 Å². The van der Waals surface area contributed by atoms with Crippen LogP contribution in [0.2, 0.25) is 0 Å². The molecule has 1 atom stereocenters. The van der Waals surface area contributed by atoms with Gasteiger partial charge in [0.1, 0.15) is 6.04 Å². The number of hydrogen-bond acceptors (Lipinski definition) is 5. The summed E-state index contributed by atoms with van der Waals surface area (Å²) in [5.41, 5.74) is 5.27. The monoisotopic (exact) mass is 608 g/mol. The van der Waals surface area contributed by atoms with Crippen LogP contribution in [-0.4, -0.2) is 45.8 Å². The maximum Gasteiger partial charge on any atom is 0.326 e. The van der Waals surface area contributed by atoms with Crippen LogP contribution >= 0.6 is 11.8 Å². The van der Waals surface area contributed by atoms with Gasteiger partial charge in [0, 0.05) is 34.5 Å². The number of carboxylic acid groups (broad SMARTS) is 1. The van der Waals surface area contributed by atoms with E-state index in [0.717, 1.165) is 52.6 Å². The first-order chi connectivity index (χ1) is 21.3. The molecule has 1 heterocycles. The number of aliphatic carboxylic acids is 1. The van der Waals surface area contributed by atoms with Crippen molar-refractivity contribution >= 4 is 41.6 Å². The Kier molecular flexibility index (Phi) is 8.77. The Morgan fingerprint density at radius 2 is 1.68 bits per heavy atom. The Bertz CT molecular complexity index is 1580. The van der Waals surface area contributed by atoms with Crippen LogP contribution < -0.4 is 5.32 Å². The molecule has 0 aliphatic heterocycles. The molecule has 4 aliphatic rings. The number of thioether (sulfide) groups is 1. The number of ketones is 1. The van der Waals surface area contributed by atoms with E-state index in [9.17, 15) is 19.5 Å². The highest BCUT2D eigenvalue weighted by Crippen LogP contribution is 2.61. The van der Waals surface area contributed by atoms with Gasteiger partial charge in [-0.2, -0.15) is 11.8 Å². The number of aromatic nitrogens is 1. The van der Waals surface area contributed by atoms with Crippen molar-refractivity contribution in [3.63, 3.8) is 0 Å². The third kappa shape index (κ3) is 6.12. The molecule has 1 aromatic heterocycles. The molecule has 3 aromatic rings. The van der Waals surface area contributed by atoms with Crippen LogP contribution in [0.5, 0.6) is 0 Å². The molecule has 4 aliphatic carbocycles. The summed E-state index contributed by atoms with van der Waals surface area (Å²) >= 11 is 1.55. The molecule has 0 unspecified atom stereocenters. The molecule has 7 heteroatoms. The molecule has 0 radical (unpaired) electrons. The number of carbonyl (C=O) groups excluding carboxylic acids is 2. The Hall–Kier alpha value is -3.71. The third-order valence-electron chi connectivity index (χ3n) is 10.0. The number of aryl methyl sites for hydroxylation is 1. The lowest BCUT2D eigenvalue weighted by atomic mass is 9.48. The highest BCUT2D eigenvalue weighted by Gasteiger charge is 2.54. The Balaban J connectivity index is 1.30. The van der Waals surface area contributed by atoms with E-state index in [0.29, 0.717) is 35.5 Å². The largest absolute Gasteiger partial charge is 0.480 e. The second-order valence-electron chi connectivity index (χ2n) is 13.1. The predicted molar refractivity (Wildman–Crippen MR) is 177 cm³/mol. The first-order valence-corrected chi connectivity index (χ1v) is 17.1. The van der Waals surface area contributed by atoms with Crippen molar-refractivity contribution < 1.29 is 19.5 Å². The van der Waals surface area contributed by atoms with E-state index in [-0.39, 0.29) is 11.2 Å². The lowest BCUT2D eigenvalue weighted by Crippen LogP contribution is -2.50. The van der Waals surface area contributed by atoms with Crippen molar-refractivity contribution in [3.8, 4) is 11.1 Å². The standard InChI is InChI=1S/C37H40N2O4S/c1-23-5-3-4-6-29(23)32-18-24(8-10-31(32)35(41)39-33(36(42)43)12-14-44-2)7-9-28-22-38-13-11-30(28)34(40)37-19-25-15-26(20-37)17-27(16-25)21-37/h3-11,13,18,22,25-27,33H,12,14-17,19-21H2,1-2H3,(H,39,41)(H,42,43)/b9-7+/t25?,26?,27?,33-,37?/m0/s1. The maximum atomic E-state index is 14.2. The zero-order valence-electron chi connectivity index (χ0n) is 25.4. The van der Waals surface area contributed by atoms with Gasteiger partial charge in [-0.05, 0) is 122 Å². The van der Waals surface area contributed by atoms with Gasteiger partial charge < -0.3 is 10.4 Å². The number of nitrogens with zero attached hydrogens (tertiary/aromatic N) is 1. The minimum Gasteiger partial charge on any atom is -0.480 e. The zero-order chi connectivity index (χ0) is 30.8. The van der Waals surface area contributed by atoms with E-state index in [2.05, 4.69) is 10.3 Å². The van der Waals surface area contributed by atoms with Gasteiger partial charge in [0.15, 0.2) is 5.78 Å². The second-order valence-corrected chi connectivity index (χ2v) is 14.1. The number of hydrogen-bond donors (Lipinski definition) is 2. The predicted octanol–water partition coefficient (Wildman–Crippen LogP) is 7.56. The number of rotatable bonds is 11. The molecular weight excluding hydrogens is 568 g/mol. The zero-order valence-corrected chi connectivity index (χ0v) is 26.2. The summed E-state index contributed by atoms with van der Waals surface area (Å²) in [6, 6.07) is 14.4. The quantitative estimate of drug-likeness (QED) is 0.218. The summed E-state index contributed by atoms with van der Waals surface area (Å²) in [6.07, 6.45) is 16.6. The van der Waals surface area contributed by atoms with Crippen LogP contribution in [0, 0.1) is 30.1 Å². The summed E-state index contributed by atoms with van der Waals surface area (Å²) < 4.78 is 0. The maximum absolute atomic E-state index is 14.2. The number of pyridine rings is 1. The van der Waals surface area contributed by atoms with Gasteiger partial charge in [-0.15, -0.1) is 0 Å². The molecular formula is C37H40N2O4S. The van der Waals surface area contributed by atoms with E-state index >= 15 is 0 Å². The van der Waals surface area contributed by atoms with E-state index in [1.54, 1.807) is 30.2 Å². The normalized spacial score (nSPS) is 24.4. The van der Waals surface area contributed by atoms with E-state index < -0.39 is 17.9 Å². The topological polar surface area (TPSA) is 96.4 Å². The van der Waals surface area contributed by atoms with Crippen molar-refractivity contribution in [2.45, 2.75) is 57.9 Å². The van der Waals surface area contributed by atoms with Crippen LogP contribution in [0.3, 0.4) is 0 Å². The van der Waals surface area contributed by atoms with Crippen molar-refractivity contribution in [1.29, 1.82) is 0 Å². The molecule has 4 bridgehead atoms. The van der Waals surface area contributed by atoms with Gasteiger partial charge in [-0.25, -0.2) is 4.79 Å². The second kappa shape index (κ2) is 12.7. The van der Waals surface area contributed by atoms with Gasteiger partial charge in [0.25, 0.3) is 5.91 Å². The lowest BCUT2D eigenvalue weighted by Gasteiger charge is -2.56. The molecule has 2 aromatic carbocycles. The molecule has 6 nitrogen and oxygen atoms in total. The van der Waals surface area contributed by atoms with Crippen molar-refractivity contribution in [2.75, 3.05) is 12.0 Å². The third-order valence-corrected chi connectivity index (χ3v) is 10.7. The van der Waals surface area contributed by atoms with Gasteiger partial charge in [-0.3, -0.25) is 14.6 Å². The molecule has 0 saturated heterocycles. The minimum atomic E-state index is -1.04. The van der Waals surface area contributed by atoms with E-state index in [1.807, 2.05) is 67.8 Å². The fraction of sp³-hybridized carbons (Fsp3) is 0.405. The molecule has 44 heavy (non-hydrogen) atoms. The highest BCUT2D eigenvalue weighted by atomic mass is 32.2.